The first kappa shape index (κ1) is 14.8. The van der Waals surface area contributed by atoms with Crippen molar-refractivity contribution in [2.24, 2.45) is 0 Å². The Morgan fingerprint density at radius 1 is 1.04 bits per heavy atom. The average Bonchev–Trinajstić information content (AvgIpc) is 3.05. The summed E-state index contributed by atoms with van der Waals surface area (Å²) in [7, 11) is 0. The summed E-state index contributed by atoms with van der Waals surface area (Å²) in [5.74, 6) is 3.73. The van der Waals surface area contributed by atoms with Gasteiger partial charge in [-0.3, -0.25) is 0 Å². The predicted molar refractivity (Wildman–Crippen MR) is 92.7 cm³/mol. The van der Waals surface area contributed by atoms with Gasteiger partial charge in [-0.2, -0.15) is 0 Å². The highest BCUT2D eigenvalue weighted by atomic mass is 15.3. The van der Waals surface area contributed by atoms with Crippen LogP contribution in [0.1, 0.15) is 24.3 Å². The molecule has 0 saturated carbocycles. The number of anilines is 1. The van der Waals surface area contributed by atoms with Crippen LogP contribution in [0, 0.1) is 6.92 Å². The Bertz CT molecular complexity index is 855. The summed E-state index contributed by atoms with van der Waals surface area (Å²) >= 11 is 0. The quantitative estimate of drug-likeness (QED) is 0.742. The molecule has 2 aromatic heterocycles. The standard InChI is InChI=1S/C18H20N6/c1-3-15-11-16(20-13(2)19-15)23-9-10-24-17(12-23)21-22-18(24)14-7-5-4-6-8-14/h4-8,11H,3,9-10,12H2,1-2H3. The second-order valence-corrected chi connectivity index (χ2v) is 6.00. The van der Waals surface area contributed by atoms with Gasteiger partial charge in [0.15, 0.2) is 11.6 Å². The monoisotopic (exact) mass is 320 g/mol. The number of hydrogen-bond acceptors (Lipinski definition) is 5. The maximum absolute atomic E-state index is 4.60. The summed E-state index contributed by atoms with van der Waals surface area (Å²) in [5.41, 5.74) is 2.19. The van der Waals surface area contributed by atoms with E-state index in [1.54, 1.807) is 0 Å². The van der Waals surface area contributed by atoms with E-state index in [-0.39, 0.29) is 0 Å². The van der Waals surface area contributed by atoms with E-state index < -0.39 is 0 Å². The molecule has 6 heteroatoms. The second kappa shape index (κ2) is 6.03. The molecular weight excluding hydrogens is 300 g/mol. The SMILES string of the molecule is CCc1cc(N2CCn3c(nnc3-c3ccccc3)C2)nc(C)n1. The molecule has 3 heterocycles. The summed E-state index contributed by atoms with van der Waals surface area (Å²) in [6, 6.07) is 12.3. The normalized spacial score (nSPS) is 13.8. The molecule has 0 fully saturated rings. The summed E-state index contributed by atoms with van der Waals surface area (Å²) in [6.07, 6.45) is 0.915. The molecule has 1 aliphatic heterocycles. The van der Waals surface area contributed by atoms with Gasteiger partial charge in [-0.15, -0.1) is 10.2 Å². The van der Waals surface area contributed by atoms with Crippen molar-refractivity contribution in [3.05, 3.63) is 53.7 Å². The molecule has 1 aromatic carbocycles. The number of fused-ring (bicyclic) bond motifs is 1. The van der Waals surface area contributed by atoms with Crippen molar-refractivity contribution in [3.8, 4) is 11.4 Å². The first-order chi connectivity index (χ1) is 11.7. The first-order valence-corrected chi connectivity index (χ1v) is 8.31. The Morgan fingerprint density at radius 3 is 2.67 bits per heavy atom. The number of aromatic nitrogens is 5. The largest absolute Gasteiger partial charge is 0.347 e. The molecule has 24 heavy (non-hydrogen) atoms. The predicted octanol–water partition coefficient (Wildman–Crippen LogP) is 2.63. The third-order valence-corrected chi connectivity index (χ3v) is 4.35. The minimum Gasteiger partial charge on any atom is -0.347 e. The molecule has 0 bridgehead atoms. The van der Waals surface area contributed by atoms with Crippen LogP contribution < -0.4 is 4.90 Å². The van der Waals surface area contributed by atoms with E-state index in [1.165, 1.54) is 0 Å². The van der Waals surface area contributed by atoms with Gasteiger partial charge in [-0.05, 0) is 13.3 Å². The van der Waals surface area contributed by atoms with E-state index in [0.29, 0.717) is 0 Å². The molecule has 0 N–H and O–H groups in total. The van der Waals surface area contributed by atoms with E-state index in [2.05, 4.69) is 54.8 Å². The van der Waals surface area contributed by atoms with Crippen LogP contribution in [-0.4, -0.2) is 31.3 Å². The zero-order chi connectivity index (χ0) is 16.5. The molecule has 0 amide bonds. The van der Waals surface area contributed by atoms with Gasteiger partial charge in [-0.25, -0.2) is 9.97 Å². The Hall–Kier alpha value is -2.76. The topological polar surface area (TPSA) is 59.7 Å². The van der Waals surface area contributed by atoms with E-state index in [0.717, 1.165) is 60.6 Å². The average molecular weight is 320 g/mol. The number of aryl methyl sites for hydroxylation is 2. The molecule has 1 aliphatic rings. The molecule has 4 rings (SSSR count). The molecule has 0 radical (unpaired) electrons. The lowest BCUT2D eigenvalue weighted by Gasteiger charge is -2.29. The van der Waals surface area contributed by atoms with Crippen molar-refractivity contribution in [3.63, 3.8) is 0 Å². The molecule has 3 aromatic rings. The maximum atomic E-state index is 4.60. The van der Waals surface area contributed by atoms with Crippen LogP contribution in [0.5, 0.6) is 0 Å². The van der Waals surface area contributed by atoms with Crippen LogP contribution in [0.4, 0.5) is 5.82 Å². The van der Waals surface area contributed by atoms with Crippen molar-refractivity contribution in [1.29, 1.82) is 0 Å². The van der Waals surface area contributed by atoms with Crippen molar-refractivity contribution in [2.45, 2.75) is 33.4 Å². The number of benzene rings is 1. The van der Waals surface area contributed by atoms with Crippen LogP contribution in [0.3, 0.4) is 0 Å². The minimum absolute atomic E-state index is 0.722. The van der Waals surface area contributed by atoms with Gasteiger partial charge in [0, 0.05) is 30.4 Å². The van der Waals surface area contributed by atoms with Crippen molar-refractivity contribution in [1.82, 2.24) is 24.7 Å². The van der Waals surface area contributed by atoms with Gasteiger partial charge in [-0.1, -0.05) is 37.3 Å². The lowest BCUT2D eigenvalue weighted by Crippen LogP contribution is -2.34. The van der Waals surface area contributed by atoms with E-state index in [4.69, 9.17) is 0 Å². The minimum atomic E-state index is 0.722. The van der Waals surface area contributed by atoms with E-state index in [1.807, 2.05) is 25.1 Å². The number of nitrogens with zero attached hydrogens (tertiary/aromatic N) is 6. The molecule has 0 unspecified atom stereocenters. The Labute approximate surface area is 141 Å². The Morgan fingerprint density at radius 2 is 1.88 bits per heavy atom. The summed E-state index contributed by atoms with van der Waals surface area (Å²) in [5, 5.41) is 8.80. The zero-order valence-corrected chi connectivity index (χ0v) is 14.0. The van der Waals surface area contributed by atoms with E-state index >= 15 is 0 Å². The van der Waals surface area contributed by atoms with Crippen molar-refractivity contribution >= 4 is 5.82 Å². The highest BCUT2D eigenvalue weighted by Crippen LogP contribution is 2.24. The van der Waals surface area contributed by atoms with Gasteiger partial charge >= 0.3 is 0 Å². The fourth-order valence-electron chi connectivity index (χ4n) is 3.11. The highest BCUT2D eigenvalue weighted by Gasteiger charge is 2.23. The lowest BCUT2D eigenvalue weighted by atomic mass is 10.2. The van der Waals surface area contributed by atoms with Gasteiger partial charge < -0.3 is 9.47 Å². The molecule has 0 saturated heterocycles. The van der Waals surface area contributed by atoms with Gasteiger partial charge in [0.25, 0.3) is 0 Å². The molecule has 122 valence electrons. The third-order valence-electron chi connectivity index (χ3n) is 4.35. The van der Waals surface area contributed by atoms with Crippen molar-refractivity contribution < 1.29 is 0 Å². The third kappa shape index (κ3) is 2.64. The fourth-order valence-corrected chi connectivity index (χ4v) is 3.11. The van der Waals surface area contributed by atoms with E-state index in [9.17, 15) is 0 Å². The summed E-state index contributed by atoms with van der Waals surface area (Å²) in [6.45, 7) is 6.54. The molecule has 6 nitrogen and oxygen atoms in total. The molecule has 0 atom stereocenters. The second-order valence-electron chi connectivity index (χ2n) is 6.00. The highest BCUT2D eigenvalue weighted by molar-refractivity contribution is 5.55. The van der Waals surface area contributed by atoms with Crippen molar-refractivity contribution in [2.75, 3.05) is 11.4 Å². The first-order valence-electron chi connectivity index (χ1n) is 8.31. The molecule has 0 spiro atoms. The molecule has 0 aliphatic carbocycles. The smallest absolute Gasteiger partial charge is 0.164 e. The van der Waals surface area contributed by atoms with Gasteiger partial charge in [0.05, 0.1) is 6.54 Å². The van der Waals surface area contributed by atoms with Crippen LogP contribution in [-0.2, 0) is 19.5 Å². The molecular formula is C18H20N6. The lowest BCUT2D eigenvalue weighted by molar-refractivity contribution is 0.558. The van der Waals surface area contributed by atoms with Crippen LogP contribution in [0.15, 0.2) is 36.4 Å². The Kier molecular flexibility index (Phi) is 3.72. The Balaban J connectivity index is 1.64. The van der Waals surface area contributed by atoms with Gasteiger partial charge in [0.2, 0.25) is 0 Å². The number of hydrogen-bond donors (Lipinski definition) is 0. The maximum Gasteiger partial charge on any atom is 0.164 e. The summed E-state index contributed by atoms with van der Waals surface area (Å²) < 4.78 is 2.21. The van der Waals surface area contributed by atoms with Crippen LogP contribution in [0.25, 0.3) is 11.4 Å². The van der Waals surface area contributed by atoms with Crippen LogP contribution in [0.2, 0.25) is 0 Å². The zero-order valence-electron chi connectivity index (χ0n) is 14.0. The van der Waals surface area contributed by atoms with Gasteiger partial charge in [0.1, 0.15) is 11.6 Å². The fraction of sp³-hybridized carbons (Fsp3) is 0.333. The number of rotatable bonds is 3. The summed E-state index contributed by atoms with van der Waals surface area (Å²) in [4.78, 5) is 11.3. The van der Waals surface area contributed by atoms with Crippen LogP contribution >= 0.6 is 0 Å².